The Morgan fingerprint density at radius 2 is 1.52 bits per heavy atom. The maximum atomic E-state index is 13.5. The number of benzene rings is 2. The van der Waals surface area contributed by atoms with Gasteiger partial charge in [0.2, 0.25) is 0 Å². The van der Waals surface area contributed by atoms with E-state index in [1.165, 1.54) is 42.6 Å². The molecule has 5 nitrogen and oxygen atoms in total. The van der Waals surface area contributed by atoms with Crippen molar-refractivity contribution < 1.29 is 40.3 Å². The number of amides is 2. The molecule has 2 rings (SSSR count). The van der Waals surface area contributed by atoms with Crippen LogP contribution in [0.1, 0.15) is 22.8 Å². The Hall–Kier alpha value is -2.86. The average molecular weight is 518 g/mol. The maximum absolute atomic E-state index is 13.5. The Labute approximate surface area is 191 Å². The highest BCUT2D eigenvalue weighted by Crippen LogP contribution is 2.46. The number of anilines is 1. The molecule has 0 aliphatic rings. The summed E-state index contributed by atoms with van der Waals surface area (Å²) in [6.45, 7) is 1.36. The summed E-state index contributed by atoms with van der Waals surface area (Å²) in [7, 11) is 0. The molecule has 0 unspecified atom stereocenters. The topological polar surface area (TPSA) is 70.6 Å². The van der Waals surface area contributed by atoms with E-state index in [9.17, 15) is 40.3 Å². The summed E-state index contributed by atoms with van der Waals surface area (Å²) in [5.74, 6) is -16.2. The summed E-state index contributed by atoms with van der Waals surface area (Å²) in [6, 6.07) is 8.50. The predicted molar refractivity (Wildman–Crippen MR) is 107 cm³/mol. The Morgan fingerprint density at radius 3 is 2.09 bits per heavy atom. The summed E-state index contributed by atoms with van der Waals surface area (Å²) in [6.07, 6.45) is -6.65. The van der Waals surface area contributed by atoms with Crippen LogP contribution in [-0.4, -0.2) is 35.5 Å². The SMILES string of the molecule is CC(=NNC(=O)c1ccc(Cl)c(Cl)c1)c1cccc(NC(=O)C(F)(F)C(F)(F)C(F)(F)F)c1. The quantitative estimate of drug-likeness (QED) is 0.283. The third-order valence-electron chi connectivity index (χ3n) is 4.08. The first-order valence-corrected chi connectivity index (χ1v) is 9.37. The van der Waals surface area contributed by atoms with Crippen LogP contribution in [0, 0.1) is 0 Å². The van der Waals surface area contributed by atoms with Crippen molar-refractivity contribution in [2.45, 2.75) is 24.9 Å². The van der Waals surface area contributed by atoms with Crippen LogP contribution in [0.5, 0.6) is 0 Å². The van der Waals surface area contributed by atoms with E-state index in [0.29, 0.717) is 0 Å². The van der Waals surface area contributed by atoms with Crippen molar-refractivity contribution in [2.75, 3.05) is 5.32 Å². The van der Waals surface area contributed by atoms with Crippen molar-refractivity contribution in [3.05, 3.63) is 63.6 Å². The molecular formula is C19H12Cl2F7N3O2. The number of carbonyl (C=O) groups is 2. The minimum Gasteiger partial charge on any atom is -0.321 e. The van der Waals surface area contributed by atoms with Crippen LogP contribution < -0.4 is 10.7 Å². The molecule has 0 aliphatic heterocycles. The number of carbonyl (C=O) groups excluding carboxylic acids is 2. The van der Waals surface area contributed by atoms with Gasteiger partial charge in [-0.05, 0) is 42.8 Å². The highest BCUT2D eigenvalue weighted by Gasteiger charge is 2.76. The van der Waals surface area contributed by atoms with E-state index in [0.717, 1.165) is 12.1 Å². The molecule has 0 saturated heterocycles. The van der Waals surface area contributed by atoms with Gasteiger partial charge in [-0.3, -0.25) is 9.59 Å². The van der Waals surface area contributed by atoms with E-state index in [1.54, 1.807) is 0 Å². The summed E-state index contributed by atoms with van der Waals surface area (Å²) >= 11 is 11.6. The molecule has 0 radical (unpaired) electrons. The van der Waals surface area contributed by atoms with E-state index >= 15 is 0 Å². The van der Waals surface area contributed by atoms with Gasteiger partial charge in [-0.2, -0.15) is 35.8 Å². The van der Waals surface area contributed by atoms with Crippen molar-refractivity contribution in [3.8, 4) is 0 Å². The Bertz CT molecular complexity index is 1110. The Balaban J connectivity index is 2.17. The molecule has 2 amide bonds. The van der Waals surface area contributed by atoms with Gasteiger partial charge in [0.25, 0.3) is 5.91 Å². The van der Waals surface area contributed by atoms with Gasteiger partial charge in [-0.15, -0.1) is 0 Å². The number of hydrogen-bond donors (Lipinski definition) is 2. The van der Waals surface area contributed by atoms with E-state index in [2.05, 4.69) is 10.5 Å². The van der Waals surface area contributed by atoms with Crippen molar-refractivity contribution in [1.29, 1.82) is 0 Å². The zero-order valence-corrected chi connectivity index (χ0v) is 17.7. The second-order valence-electron chi connectivity index (χ2n) is 6.45. The molecule has 0 saturated carbocycles. The minimum atomic E-state index is -6.65. The van der Waals surface area contributed by atoms with Gasteiger partial charge in [0.1, 0.15) is 0 Å². The van der Waals surface area contributed by atoms with Crippen molar-refractivity contribution in [2.24, 2.45) is 5.10 Å². The first-order chi connectivity index (χ1) is 15.1. The molecule has 178 valence electrons. The fraction of sp³-hybridized carbons (Fsp3) is 0.211. The molecule has 0 heterocycles. The maximum Gasteiger partial charge on any atom is 0.460 e. The number of hydrazone groups is 1. The second-order valence-corrected chi connectivity index (χ2v) is 7.26. The zero-order chi connectivity index (χ0) is 25.2. The molecule has 33 heavy (non-hydrogen) atoms. The van der Waals surface area contributed by atoms with E-state index < -0.39 is 35.5 Å². The first kappa shape index (κ1) is 26.4. The largest absolute Gasteiger partial charge is 0.460 e. The van der Waals surface area contributed by atoms with Gasteiger partial charge in [0, 0.05) is 11.3 Å². The van der Waals surface area contributed by atoms with E-state index in [4.69, 9.17) is 23.2 Å². The van der Waals surface area contributed by atoms with Crippen LogP contribution in [0.15, 0.2) is 47.6 Å². The van der Waals surface area contributed by atoms with Gasteiger partial charge in [0.15, 0.2) is 0 Å². The zero-order valence-electron chi connectivity index (χ0n) is 16.2. The standard InChI is InChI=1S/C19H12Cl2F7N3O2/c1-9(30-31-15(32)11-5-6-13(20)14(21)8-11)10-3-2-4-12(7-10)29-16(33)17(22,23)18(24,25)19(26,27)28/h2-8H,1H3,(H,29,33)(H,31,32). The summed E-state index contributed by atoms with van der Waals surface area (Å²) in [4.78, 5) is 23.6. The van der Waals surface area contributed by atoms with Gasteiger partial charge in [-0.25, -0.2) is 5.43 Å². The van der Waals surface area contributed by atoms with Gasteiger partial charge in [0.05, 0.1) is 15.8 Å². The van der Waals surface area contributed by atoms with Crippen molar-refractivity contribution in [1.82, 2.24) is 5.43 Å². The normalized spacial score (nSPS) is 13.0. The van der Waals surface area contributed by atoms with Crippen LogP contribution in [-0.2, 0) is 4.79 Å². The molecule has 2 aromatic rings. The van der Waals surface area contributed by atoms with Crippen LogP contribution in [0.3, 0.4) is 0 Å². The fourth-order valence-corrected chi connectivity index (χ4v) is 2.55. The number of hydrogen-bond acceptors (Lipinski definition) is 3. The highest BCUT2D eigenvalue weighted by atomic mass is 35.5. The van der Waals surface area contributed by atoms with Crippen LogP contribution >= 0.6 is 23.2 Å². The number of rotatable bonds is 6. The lowest BCUT2D eigenvalue weighted by Crippen LogP contribution is -2.57. The smallest absolute Gasteiger partial charge is 0.321 e. The number of alkyl halides is 7. The molecule has 0 fully saturated rings. The average Bonchev–Trinajstić information content (AvgIpc) is 2.72. The predicted octanol–water partition coefficient (Wildman–Crippen LogP) is 5.92. The second kappa shape index (κ2) is 9.56. The minimum absolute atomic E-state index is 0.0758. The van der Waals surface area contributed by atoms with Gasteiger partial charge >= 0.3 is 23.9 Å². The third kappa shape index (κ3) is 5.74. The first-order valence-electron chi connectivity index (χ1n) is 8.62. The lowest BCUT2D eigenvalue weighted by Gasteiger charge is -2.27. The molecule has 2 aromatic carbocycles. The monoisotopic (exact) mass is 517 g/mol. The van der Waals surface area contributed by atoms with Crippen LogP contribution in [0.2, 0.25) is 10.0 Å². The highest BCUT2D eigenvalue weighted by molar-refractivity contribution is 6.42. The Morgan fingerprint density at radius 1 is 0.879 bits per heavy atom. The van der Waals surface area contributed by atoms with Crippen molar-refractivity contribution >= 4 is 46.4 Å². The molecule has 0 spiro atoms. The molecule has 0 aliphatic carbocycles. The summed E-state index contributed by atoms with van der Waals surface area (Å²) < 4.78 is 89.7. The van der Waals surface area contributed by atoms with Gasteiger partial charge < -0.3 is 5.32 Å². The number of halogens is 9. The van der Waals surface area contributed by atoms with E-state index in [1.807, 2.05) is 0 Å². The number of nitrogens with zero attached hydrogens (tertiary/aromatic N) is 1. The lowest BCUT2D eigenvalue weighted by molar-refractivity contribution is -0.343. The summed E-state index contributed by atoms with van der Waals surface area (Å²) in [5.41, 5.74) is 1.97. The molecule has 0 aromatic heterocycles. The molecule has 0 atom stereocenters. The molecule has 0 bridgehead atoms. The Kier molecular flexibility index (Phi) is 7.64. The number of nitrogens with one attached hydrogen (secondary N) is 2. The molecule has 14 heteroatoms. The van der Waals surface area contributed by atoms with E-state index in [-0.39, 0.29) is 26.9 Å². The lowest BCUT2D eigenvalue weighted by atomic mass is 10.1. The van der Waals surface area contributed by atoms with Gasteiger partial charge in [-0.1, -0.05) is 35.3 Å². The van der Waals surface area contributed by atoms with Crippen LogP contribution in [0.25, 0.3) is 0 Å². The third-order valence-corrected chi connectivity index (χ3v) is 4.82. The molecular weight excluding hydrogens is 506 g/mol. The molecule has 2 N–H and O–H groups in total. The summed E-state index contributed by atoms with van der Waals surface area (Å²) in [5, 5.41) is 5.42. The van der Waals surface area contributed by atoms with Crippen molar-refractivity contribution in [3.63, 3.8) is 0 Å². The van der Waals surface area contributed by atoms with Crippen LogP contribution in [0.4, 0.5) is 36.4 Å². The fourth-order valence-electron chi connectivity index (χ4n) is 2.25.